The van der Waals surface area contributed by atoms with E-state index in [0.29, 0.717) is 37.9 Å². The second kappa shape index (κ2) is 9.11. The van der Waals surface area contributed by atoms with Gasteiger partial charge in [0.05, 0.1) is 36.6 Å². The molecule has 0 radical (unpaired) electrons. The summed E-state index contributed by atoms with van der Waals surface area (Å²) in [4.78, 5) is 31.6. The number of aryl methyl sites for hydroxylation is 1. The molecule has 172 valence electrons. The van der Waals surface area contributed by atoms with E-state index in [4.69, 9.17) is 18.6 Å². The quantitative estimate of drug-likeness (QED) is 0.517. The maximum Gasteiger partial charge on any atom is 0.338 e. The Kier molecular flexibility index (Phi) is 6.24. The lowest BCUT2D eigenvalue weighted by atomic mass is 9.95. The van der Waals surface area contributed by atoms with Gasteiger partial charge in [-0.05, 0) is 51.1 Å². The van der Waals surface area contributed by atoms with Crippen LogP contribution in [0, 0.1) is 6.92 Å². The SMILES string of the molecule is CCOC(=O)C1=C(C)N=c2s/c(=C/c3ccc(C)o3)c(=O)n2[C@H]1c1cc(OC)ccc1OC. The van der Waals surface area contributed by atoms with Gasteiger partial charge in [-0.25, -0.2) is 9.79 Å². The van der Waals surface area contributed by atoms with E-state index in [2.05, 4.69) is 4.99 Å². The molecule has 0 bridgehead atoms. The second-order valence-electron chi connectivity index (χ2n) is 7.36. The number of nitrogens with zero attached hydrogens (tertiary/aromatic N) is 2. The van der Waals surface area contributed by atoms with Crippen LogP contribution in [0.15, 0.2) is 55.8 Å². The van der Waals surface area contributed by atoms with Gasteiger partial charge in [-0.3, -0.25) is 9.36 Å². The number of hydrogen-bond acceptors (Lipinski definition) is 8. The zero-order valence-electron chi connectivity index (χ0n) is 19.0. The van der Waals surface area contributed by atoms with Crippen molar-refractivity contribution in [3.63, 3.8) is 0 Å². The van der Waals surface area contributed by atoms with Crippen molar-refractivity contribution < 1.29 is 23.4 Å². The predicted molar refractivity (Wildman–Crippen MR) is 123 cm³/mol. The number of fused-ring (bicyclic) bond motifs is 1. The first-order valence-electron chi connectivity index (χ1n) is 10.4. The molecule has 0 unspecified atom stereocenters. The first kappa shape index (κ1) is 22.6. The van der Waals surface area contributed by atoms with Crippen LogP contribution in [0.4, 0.5) is 0 Å². The fourth-order valence-corrected chi connectivity index (χ4v) is 4.83. The van der Waals surface area contributed by atoms with E-state index in [1.165, 1.54) is 23.0 Å². The molecule has 33 heavy (non-hydrogen) atoms. The summed E-state index contributed by atoms with van der Waals surface area (Å²) in [6.45, 7) is 5.50. The summed E-state index contributed by atoms with van der Waals surface area (Å²) in [5.74, 6) is 1.85. The zero-order chi connectivity index (χ0) is 23.7. The highest BCUT2D eigenvalue weighted by Gasteiger charge is 2.35. The Balaban J connectivity index is 2.02. The average molecular weight is 469 g/mol. The summed E-state index contributed by atoms with van der Waals surface area (Å²) >= 11 is 1.23. The van der Waals surface area contributed by atoms with Crippen LogP contribution in [-0.4, -0.2) is 31.4 Å². The van der Waals surface area contributed by atoms with Crippen LogP contribution in [0.3, 0.4) is 0 Å². The molecule has 1 atom stereocenters. The number of carbonyl (C=O) groups is 1. The normalized spacial score (nSPS) is 15.8. The van der Waals surface area contributed by atoms with Crippen molar-refractivity contribution >= 4 is 23.4 Å². The van der Waals surface area contributed by atoms with E-state index >= 15 is 0 Å². The molecule has 0 saturated carbocycles. The standard InChI is InChI=1S/C24H24N2O6S/c1-6-31-23(28)20-14(3)25-24-26(21(20)17-11-15(29-4)9-10-18(17)30-5)22(27)19(33-24)12-16-8-7-13(2)32-16/h7-12,21H,6H2,1-5H3/b19-12+/t21-/m0/s1. The predicted octanol–water partition coefficient (Wildman–Crippen LogP) is 2.72. The molecule has 2 aromatic heterocycles. The first-order valence-corrected chi connectivity index (χ1v) is 11.2. The molecule has 1 aliphatic rings. The number of benzene rings is 1. The van der Waals surface area contributed by atoms with Gasteiger partial charge in [0.15, 0.2) is 4.80 Å². The Bertz CT molecular complexity index is 1430. The second-order valence-corrected chi connectivity index (χ2v) is 8.37. The number of methoxy groups -OCH3 is 2. The van der Waals surface area contributed by atoms with E-state index in [0.717, 1.165) is 5.76 Å². The number of allylic oxidation sites excluding steroid dienone is 1. The summed E-state index contributed by atoms with van der Waals surface area (Å²) in [6, 6.07) is 8.08. The van der Waals surface area contributed by atoms with Crippen molar-refractivity contribution in [3.05, 3.63) is 78.4 Å². The third-order valence-electron chi connectivity index (χ3n) is 5.28. The molecule has 0 spiro atoms. The van der Waals surface area contributed by atoms with Crippen LogP contribution in [-0.2, 0) is 9.53 Å². The van der Waals surface area contributed by atoms with Crippen molar-refractivity contribution in [1.82, 2.24) is 4.57 Å². The Hall–Kier alpha value is -3.59. The number of aromatic nitrogens is 1. The Morgan fingerprint density at radius 1 is 1.21 bits per heavy atom. The molecular formula is C24H24N2O6S. The summed E-state index contributed by atoms with van der Waals surface area (Å²) in [5.41, 5.74) is 1.05. The highest BCUT2D eigenvalue weighted by Crippen LogP contribution is 2.37. The third kappa shape index (κ3) is 4.11. The maximum atomic E-state index is 13.6. The lowest BCUT2D eigenvalue weighted by Crippen LogP contribution is -2.40. The monoisotopic (exact) mass is 468 g/mol. The first-order chi connectivity index (χ1) is 15.9. The number of carbonyl (C=O) groups excluding carboxylic acids is 1. The third-order valence-corrected chi connectivity index (χ3v) is 6.27. The van der Waals surface area contributed by atoms with E-state index < -0.39 is 12.0 Å². The lowest BCUT2D eigenvalue weighted by Gasteiger charge is -2.26. The number of thiazole rings is 1. The van der Waals surface area contributed by atoms with Crippen LogP contribution in [0.1, 0.15) is 37.0 Å². The van der Waals surface area contributed by atoms with Crippen molar-refractivity contribution in [1.29, 1.82) is 0 Å². The highest BCUT2D eigenvalue weighted by atomic mass is 32.1. The van der Waals surface area contributed by atoms with Crippen molar-refractivity contribution in [2.45, 2.75) is 26.8 Å². The van der Waals surface area contributed by atoms with Crippen LogP contribution < -0.4 is 24.4 Å². The topological polar surface area (TPSA) is 92.3 Å². The van der Waals surface area contributed by atoms with Gasteiger partial charge >= 0.3 is 5.97 Å². The van der Waals surface area contributed by atoms with Gasteiger partial charge in [-0.2, -0.15) is 0 Å². The van der Waals surface area contributed by atoms with Crippen molar-refractivity contribution in [2.24, 2.45) is 4.99 Å². The van der Waals surface area contributed by atoms with Gasteiger partial charge in [0.25, 0.3) is 5.56 Å². The van der Waals surface area contributed by atoms with E-state index in [-0.39, 0.29) is 17.7 Å². The molecular weight excluding hydrogens is 444 g/mol. The van der Waals surface area contributed by atoms with Gasteiger partial charge < -0.3 is 18.6 Å². The molecule has 9 heteroatoms. The molecule has 3 heterocycles. The minimum absolute atomic E-state index is 0.194. The number of hydrogen-bond donors (Lipinski definition) is 0. The van der Waals surface area contributed by atoms with Gasteiger partial charge in [-0.1, -0.05) is 11.3 Å². The smallest absolute Gasteiger partial charge is 0.338 e. The van der Waals surface area contributed by atoms with Crippen LogP contribution in [0.2, 0.25) is 0 Å². The fraction of sp³-hybridized carbons (Fsp3) is 0.292. The maximum absolute atomic E-state index is 13.6. The summed E-state index contributed by atoms with van der Waals surface area (Å²) < 4.78 is 23.9. The minimum atomic E-state index is -0.800. The Morgan fingerprint density at radius 3 is 2.64 bits per heavy atom. The molecule has 1 aliphatic heterocycles. The average Bonchev–Trinajstić information content (AvgIpc) is 3.34. The number of furan rings is 1. The zero-order valence-corrected chi connectivity index (χ0v) is 19.8. The molecule has 0 aliphatic carbocycles. The van der Waals surface area contributed by atoms with Gasteiger partial charge in [0.1, 0.15) is 29.1 Å². The van der Waals surface area contributed by atoms with Crippen molar-refractivity contribution in [2.75, 3.05) is 20.8 Å². The number of esters is 1. The molecule has 3 aromatic rings. The summed E-state index contributed by atoms with van der Waals surface area (Å²) in [6.07, 6.45) is 1.68. The van der Waals surface area contributed by atoms with E-state index in [1.807, 2.05) is 13.0 Å². The molecule has 0 N–H and O–H groups in total. The van der Waals surface area contributed by atoms with Gasteiger partial charge in [0.2, 0.25) is 0 Å². The largest absolute Gasteiger partial charge is 0.497 e. The summed E-state index contributed by atoms with van der Waals surface area (Å²) in [5, 5.41) is 0. The van der Waals surface area contributed by atoms with Crippen molar-refractivity contribution in [3.8, 4) is 11.5 Å². The molecule has 0 fully saturated rings. The van der Waals surface area contributed by atoms with Crippen LogP contribution in [0.25, 0.3) is 6.08 Å². The Labute approximate surface area is 194 Å². The summed E-state index contributed by atoms with van der Waals surface area (Å²) in [7, 11) is 3.09. The molecule has 0 saturated heterocycles. The van der Waals surface area contributed by atoms with E-state index in [1.54, 1.807) is 51.3 Å². The number of rotatable bonds is 6. The molecule has 8 nitrogen and oxygen atoms in total. The highest BCUT2D eigenvalue weighted by molar-refractivity contribution is 7.07. The minimum Gasteiger partial charge on any atom is -0.497 e. The van der Waals surface area contributed by atoms with E-state index in [9.17, 15) is 9.59 Å². The Morgan fingerprint density at radius 2 is 2.00 bits per heavy atom. The number of ether oxygens (including phenoxy) is 3. The van der Waals surface area contributed by atoms with Gasteiger partial charge in [-0.15, -0.1) is 0 Å². The fourth-order valence-electron chi connectivity index (χ4n) is 3.80. The molecule has 1 aromatic carbocycles. The molecule has 0 amide bonds. The molecule has 4 rings (SSSR count). The lowest BCUT2D eigenvalue weighted by molar-refractivity contribution is -0.139. The van der Waals surface area contributed by atoms with Gasteiger partial charge in [0, 0.05) is 11.6 Å². The van der Waals surface area contributed by atoms with Crippen LogP contribution >= 0.6 is 11.3 Å². The van der Waals surface area contributed by atoms with Crippen LogP contribution in [0.5, 0.6) is 11.5 Å².